The maximum absolute atomic E-state index is 4.38. The van der Waals surface area contributed by atoms with Crippen molar-refractivity contribution in [2.45, 2.75) is 50.0 Å². The van der Waals surface area contributed by atoms with Gasteiger partial charge in [0.2, 0.25) is 0 Å². The summed E-state index contributed by atoms with van der Waals surface area (Å²) in [6.07, 6.45) is 7.18. The van der Waals surface area contributed by atoms with Crippen molar-refractivity contribution in [3.63, 3.8) is 0 Å². The minimum Gasteiger partial charge on any atom is -0.294 e. The van der Waals surface area contributed by atoms with Gasteiger partial charge in [-0.3, -0.25) is 10.3 Å². The van der Waals surface area contributed by atoms with Crippen LogP contribution in [0.5, 0.6) is 0 Å². The van der Waals surface area contributed by atoms with Crippen LogP contribution in [0.2, 0.25) is 0 Å². The molecular formula is C17H25IN2. The molecule has 0 unspecified atom stereocenters. The molecule has 0 amide bonds. The Kier molecular flexibility index (Phi) is 6.49. The number of hydrogen-bond donors (Lipinski definition) is 1. The van der Waals surface area contributed by atoms with Gasteiger partial charge in [0.05, 0.1) is 6.67 Å². The number of fused-ring (bicyclic) bond motifs is 1. The highest BCUT2D eigenvalue weighted by molar-refractivity contribution is 14.1. The van der Waals surface area contributed by atoms with Gasteiger partial charge in [0.25, 0.3) is 0 Å². The van der Waals surface area contributed by atoms with E-state index < -0.39 is 0 Å². The second-order valence-electron chi connectivity index (χ2n) is 5.85. The van der Waals surface area contributed by atoms with Crippen molar-refractivity contribution in [2.24, 2.45) is 10.9 Å². The van der Waals surface area contributed by atoms with Crippen molar-refractivity contribution >= 4 is 28.8 Å². The van der Waals surface area contributed by atoms with Crippen molar-refractivity contribution in [3.05, 3.63) is 34.9 Å². The Morgan fingerprint density at radius 1 is 1.50 bits per heavy atom. The van der Waals surface area contributed by atoms with Gasteiger partial charge in [0.15, 0.2) is 0 Å². The van der Waals surface area contributed by atoms with Crippen molar-refractivity contribution in [3.8, 4) is 0 Å². The summed E-state index contributed by atoms with van der Waals surface area (Å²) in [6.45, 7) is 6.17. The zero-order valence-corrected chi connectivity index (χ0v) is 14.7. The van der Waals surface area contributed by atoms with Crippen LogP contribution in [0.25, 0.3) is 0 Å². The molecule has 0 spiro atoms. The summed E-state index contributed by atoms with van der Waals surface area (Å²) in [5.41, 5.74) is 4.63. The van der Waals surface area contributed by atoms with E-state index in [1.807, 2.05) is 6.21 Å². The van der Waals surface area contributed by atoms with Gasteiger partial charge in [-0.15, -0.1) is 0 Å². The predicted molar refractivity (Wildman–Crippen MR) is 95.9 cm³/mol. The SMILES string of the molecule is C[C@@H]1CCCc2c(CNC/N=C\[C@@H](C)I)cccc2C1. The smallest absolute Gasteiger partial charge is 0.0883 e. The lowest BCUT2D eigenvalue weighted by Gasteiger charge is -2.13. The van der Waals surface area contributed by atoms with E-state index in [-0.39, 0.29) is 0 Å². The molecule has 0 saturated carbocycles. The molecule has 2 rings (SSSR count). The van der Waals surface area contributed by atoms with E-state index in [4.69, 9.17) is 0 Å². The van der Waals surface area contributed by atoms with E-state index in [0.717, 1.165) is 12.5 Å². The summed E-state index contributed by atoms with van der Waals surface area (Å²) < 4.78 is 0.504. The molecule has 1 aliphatic carbocycles. The van der Waals surface area contributed by atoms with Crippen LogP contribution in [0, 0.1) is 5.92 Å². The second-order valence-corrected chi connectivity index (χ2v) is 7.82. The fourth-order valence-electron chi connectivity index (χ4n) is 2.92. The first kappa shape index (κ1) is 16.0. The number of alkyl halides is 1. The van der Waals surface area contributed by atoms with Crippen LogP contribution >= 0.6 is 22.6 Å². The summed E-state index contributed by atoms with van der Waals surface area (Å²) in [7, 11) is 0. The van der Waals surface area contributed by atoms with Gasteiger partial charge < -0.3 is 0 Å². The summed E-state index contributed by atoms with van der Waals surface area (Å²) in [5, 5.41) is 3.44. The fourth-order valence-corrected chi connectivity index (χ4v) is 3.15. The minimum absolute atomic E-state index is 0.504. The van der Waals surface area contributed by atoms with Gasteiger partial charge in [0.1, 0.15) is 0 Å². The summed E-state index contributed by atoms with van der Waals surface area (Å²) in [6, 6.07) is 6.80. The highest BCUT2D eigenvalue weighted by Gasteiger charge is 2.15. The lowest BCUT2D eigenvalue weighted by atomic mass is 9.95. The Balaban J connectivity index is 1.97. The van der Waals surface area contributed by atoms with Crippen LogP contribution in [0.1, 0.15) is 43.4 Å². The summed E-state index contributed by atoms with van der Waals surface area (Å²) in [5.74, 6) is 0.828. The molecule has 1 N–H and O–H groups in total. The van der Waals surface area contributed by atoms with Crippen molar-refractivity contribution in [2.75, 3.05) is 6.67 Å². The Bertz CT molecular complexity index is 454. The third kappa shape index (κ3) is 4.85. The highest BCUT2D eigenvalue weighted by Crippen LogP contribution is 2.26. The predicted octanol–water partition coefficient (Wildman–Crippen LogP) is 4.14. The Labute approximate surface area is 136 Å². The number of nitrogens with one attached hydrogen (secondary N) is 1. The molecule has 0 aliphatic heterocycles. The molecule has 3 heteroatoms. The molecule has 0 saturated heterocycles. The molecule has 1 aromatic rings. The molecule has 2 nitrogen and oxygen atoms in total. The molecule has 1 aromatic carbocycles. The maximum atomic E-state index is 4.38. The molecule has 0 heterocycles. The number of rotatable bonds is 5. The van der Waals surface area contributed by atoms with E-state index in [0.29, 0.717) is 10.6 Å². The third-order valence-corrected chi connectivity index (χ3v) is 4.21. The highest BCUT2D eigenvalue weighted by atomic mass is 127. The first-order valence-corrected chi connectivity index (χ1v) is 8.85. The lowest BCUT2D eigenvalue weighted by molar-refractivity contribution is 0.526. The summed E-state index contributed by atoms with van der Waals surface area (Å²) in [4.78, 5) is 4.38. The molecular weight excluding hydrogens is 359 g/mol. The molecule has 0 bridgehead atoms. The van der Waals surface area contributed by atoms with Crippen molar-refractivity contribution < 1.29 is 0 Å². The van der Waals surface area contributed by atoms with Gasteiger partial charge in [0, 0.05) is 16.7 Å². The van der Waals surface area contributed by atoms with Crippen LogP contribution in [-0.4, -0.2) is 16.8 Å². The van der Waals surface area contributed by atoms with E-state index >= 15 is 0 Å². The van der Waals surface area contributed by atoms with Crippen molar-refractivity contribution in [1.82, 2.24) is 5.32 Å². The van der Waals surface area contributed by atoms with E-state index in [9.17, 15) is 0 Å². The van der Waals surface area contributed by atoms with Crippen LogP contribution in [0.3, 0.4) is 0 Å². The van der Waals surface area contributed by atoms with Crippen LogP contribution in [-0.2, 0) is 19.4 Å². The van der Waals surface area contributed by atoms with Crippen LogP contribution in [0.15, 0.2) is 23.2 Å². The number of aliphatic imine (C=N–C) groups is 1. The first-order chi connectivity index (χ1) is 9.66. The second kappa shape index (κ2) is 8.13. The van der Waals surface area contributed by atoms with Gasteiger partial charge >= 0.3 is 0 Å². The van der Waals surface area contributed by atoms with Crippen LogP contribution < -0.4 is 5.32 Å². The number of nitrogens with zero attached hydrogens (tertiary/aromatic N) is 1. The zero-order chi connectivity index (χ0) is 14.4. The molecule has 110 valence electrons. The molecule has 1 aliphatic rings. The summed E-state index contributed by atoms with van der Waals surface area (Å²) >= 11 is 2.36. The van der Waals surface area contributed by atoms with Crippen molar-refractivity contribution in [1.29, 1.82) is 0 Å². The number of benzene rings is 1. The topological polar surface area (TPSA) is 24.4 Å². The molecule has 20 heavy (non-hydrogen) atoms. The molecule has 0 aromatic heterocycles. The van der Waals surface area contributed by atoms with E-state index in [2.05, 4.69) is 64.9 Å². The van der Waals surface area contributed by atoms with Gasteiger partial charge in [-0.05, 0) is 48.8 Å². The molecule has 0 radical (unpaired) electrons. The Morgan fingerprint density at radius 2 is 2.35 bits per heavy atom. The lowest BCUT2D eigenvalue weighted by Crippen LogP contribution is -2.15. The monoisotopic (exact) mass is 384 g/mol. The number of hydrogen-bond acceptors (Lipinski definition) is 2. The quantitative estimate of drug-likeness (QED) is 0.267. The first-order valence-electron chi connectivity index (χ1n) is 7.61. The van der Waals surface area contributed by atoms with Gasteiger partial charge in [-0.1, -0.05) is 54.1 Å². The average Bonchev–Trinajstić information content (AvgIpc) is 2.59. The minimum atomic E-state index is 0.504. The normalized spacial score (nSPS) is 20.6. The third-order valence-electron chi connectivity index (χ3n) is 3.89. The molecule has 2 atom stereocenters. The van der Waals surface area contributed by atoms with Gasteiger partial charge in [-0.25, -0.2) is 0 Å². The fraction of sp³-hybridized carbons (Fsp3) is 0.588. The van der Waals surface area contributed by atoms with E-state index in [1.54, 1.807) is 11.1 Å². The average molecular weight is 384 g/mol. The number of halogens is 1. The van der Waals surface area contributed by atoms with E-state index in [1.165, 1.54) is 31.2 Å². The maximum Gasteiger partial charge on any atom is 0.0883 e. The molecule has 0 fully saturated rings. The Morgan fingerprint density at radius 3 is 3.15 bits per heavy atom. The standard InChI is InChI=1S/C17H25IN2/c1-13-5-3-8-17-15(9-13)6-4-7-16(17)11-20-12-19-10-14(2)18/h4,6-7,10,13-14,20H,3,5,8-9,11-12H2,1-2H3/b19-10-/t13-,14-/m1/s1. The zero-order valence-electron chi connectivity index (χ0n) is 12.5. The Hall–Kier alpha value is -0.420. The van der Waals surface area contributed by atoms with Crippen LogP contribution in [0.4, 0.5) is 0 Å². The largest absolute Gasteiger partial charge is 0.294 e. The van der Waals surface area contributed by atoms with Gasteiger partial charge in [-0.2, -0.15) is 0 Å².